The van der Waals surface area contributed by atoms with E-state index >= 15 is 0 Å². The molecule has 120 valence electrons. The van der Waals surface area contributed by atoms with E-state index < -0.39 is 0 Å². The van der Waals surface area contributed by atoms with Gasteiger partial charge in [-0.15, -0.1) is 11.3 Å². The standard InChI is InChI=1S/C17H19N3O2S/c1-3-4-5-15(21)20-17-19-14(9-23-17)11-6-7-13-12(8-11)10(2)16(22)18-13/h6-10H,3-5H2,1-2H3,(H,18,22)(H,19,20,21). The van der Waals surface area contributed by atoms with Gasteiger partial charge in [-0.2, -0.15) is 0 Å². The molecule has 0 saturated heterocycles. The predicted octanol–water partition coefficient (Wildman–Crippen LogP) is 3.99. The van der Waals surface area contributed by atoms with Gasteiger partial charge in [-0.1, -0.05) is 19.4 Å². The maximum Gasteiger partial charge on any atom is 0.231 e. The molecule has 0 radical (unpaired) electrons. The van der Waals surface area contributed by atoms with E-state index in [-0.39, 0.29) is 17.7 Å². The lowest BCUT2D eigenvalue weighted by molar-refractivity contribution is -0.117. The Morgan fingerprint density at radius 2 is 2.26 bits per heavy atom. The molecule has 1 aromatic heterocycles. The van der Waals surface area contributed by atoms with Crippen LogP contribution in [0.25, 0.3) is 11.3 Å². The summed E-state index contributed by atoms with van der Waals surface area (Å²) < 4.78 is 0. The second-order valence-corrected chi connectivity index (χ2v) is 6.56. The number of rotatable bonds is 5. The Balaban J connectivity index is 1.76. The van der Waals surface area contributed by atoms with Gasteiger partial charge in [0.2, 0.25) is 11.8 Å². The number of fused-ring (bicyclic) bond motifs is 1. The van der Waals surface area contributed by atoms with Crippen LogP contribution in [0.5, 0.6) is 0 Å². The first-order valence-electron chi connectivity index (χ1n) is 7.79. The molecule has 0 saturated carbocycles. The van der Waals surface area contributed by atoms with E-state index in [0.717, 1.165) is 35.3 Å². The fraction of sp³-hybridized carbons (Fsp3) is 0.353. The maximum atomic E-state index is 11.8. The van der Waals surface area contributed by atoms with Crippen LogP contribution >= 0.6 is 11.3 Å². The van der Waals surface area contributed by atoms with Crippen LogP contribution in [-0.2, 0) is 9.59 Å². The molecule has 23 heavy (non-hydrogen) atoms. The summed E-state index contributed by atoms with van der Waals surface area (Å²) in [6.45, 7) is 3.95. The lowest BCUT2D eigenvalue weighted by Gasteiger charge is -2.04. The molecule has 2 heterocycles. The van der Waals surface area contributed by atoms with Crippen molar-refractivity contribution in [1.82, 2.24) is 4.98 Å². The average Bonchev–Trinajstić information content (AvgIpc) is 3.11. The summed E-state index contributed by atoms with van der Waals surface area (Å²) in [5, 5.41) is 8.24. The molecule has 1 aliphatic rings. The van der Waals surface area contributed by atoms with E-state index in [9.17, 15) is 9.59 Å². The van der Waals surface area contributed by atoms with Crippen LogP contribution in [0.4, 0.5) is 10.8 Å². The molecule has 0 spiro atoms. The van der Waals surface area contributed by atoms with Crippen molar-refractivity contribution in [2.75, 3.05) is 10.6 Å². The zero-order valence-corrected chi connectivity index (χ0v) is 14.0. The van der Waals surface area contributed by atoms with E-state index in [1.54, 1.807) is 0 Å². The van der Waals surface area contributed by atoms with Gasteiger partial charge >= 0.3 is 0 Å². The predicted molar refractivity (Wildman–Crippen MR) is 92.7 cm³/mol. The van der Waals surface area contributed by atoms with Gasteiger partial charge in [0, 0.05) is 23.1 Å². The van der Waals surface area contributed by atoms with E-state index in [1.807, 2.05) is 30.5 Å². The Bertz CT molecular complexity index is 754. The monoisotopic (exact) mass is 329 g/mol. The van der Waals surface area contributed by atoms with Crippen LogP contribution < -0.4 is 10.6 Å². The molecule has 1 unspecified atom stereocenters. The molecule has 0 aliphatic carbocycles. The number of benzene rings is 1. The second-order valence-electron chi connectivity index (χ2n) is 5.70. The number of anilines is 2. The maximum absolute atomic E-state index is 11.8. The number of hydrogen-bond donors (Lipinski definition) is 2. The van der Waals surface area contributed by atoms with E-state index in [1.165, 1.54) is 11.3 Å². The first kappa shape index (κ1) is 15.7. The number of hydrogen-bond acceptors (Lipinski definition) is 4. The molecule has 0 bridgehead atoms. The van der Waals surface area contributed by atoms with Gasteiger partial charge in [-0.3, -0.25) is 9.59 Å². The Hall–Kier alpha value is -2.21. The van der Waals surface area contributed by atoms with Crippen LogP contribution in [0.1, 0.15) is 44.6 Å². The lowest BCUT2D eigenvalue weighted by Crippen LogP contribution is -2.10. The number of amides is 2. The summed E-state index contributed by atoms with van der Waals surface area (Å²) in [5.74, 6) is -0.110. The van der Waals surface area contributed by atoms with Crippen LogP contribution in [0.3, 0.4) is 0 Å². The van der Waals surface area contributed by atoms with Gasteiger partial charge in [0.1, 0.15) is 0 Å². The Labute approximate surface area is 139 Å². The third kappa shape index (κ3) is 3.27. The minimum Gasteiger partial charge on any atom is -0.325 e. The molecule has 2 aromatic rings. The lowest BCUT2D eigenvalue weighted by atomic mass is 10.00. The molecule has 1 aromatic carbocycles. The van der Waals surface area contributed by atoms with Gasteiger partial charge < -0.3 is 10.6 Å². The van der Waals surface area contributed by atoms with Crippen LogP contribution in [0.2, 0.25) is 0 Å². The highest BCUT2D eigenvalue weighted by molar-refractivity contribution is 7.14. The second kappa shape index (κ2) is 6.50. The SMILES string of the molecule is CCCCC(=O)Nc1nc(-c2ccc3c(c2)C(C)C(=O)N3)cs1. The van der Waals surface area contributed by atoms with Crippen molar-refractivity contribution < 1.29 is 9.59 Å². The van der Waals surface area contributed by atoms with Crippen LogP contribution in [0.15, 0.2) is 23.6 Å². The normalized spacial score (nSPS) is 16.1. The van der Waals surface area contributed by atoms with Crippen LogP contribution in [0, 0.1) is 0 Å². The number of carbonyl (C=O) groups is 2. The molecule has 2 amide bonds. The fourth-order valence-corrected chi connectivity index (χ4v) is 3.30. The molecule has 0 fully saturated rings. The highest BCUT2D eigenvalue weighted by Crippen LogP contribution is 2.36. The van der Waals surface area contributed by atoms with Crippen molar-refractivity contribution in [1.29, 1.82) is 0 Å². The molecule has 5 nitrogen and oxygen atoms in total. The molecular formula is C17H19N3O2S. The number of nitrogens with zero attached hydrogens (tertiary/aromatic N) is 1. The van der Waals surface area contributed by atoms with E-state index in [0.29, 0.717) is 11.6 Å². The molecule has 1 aliphatic heterocycles. The summed E-state index contributed by atoms with van der Waals surface area (Å²) in [4.78, 5) is 28.0. The molecule has 1 atom stereocenters. The number of thiazole rings is 1. The zero-order valence-electron chi connectivity index (χ0n) is 13.2. The van der Waals surface area contributed by atoms with E-state index in [4.69, 9.17) is 0 Å². The van der Waals surface area contributed by atoms with Crippen LogP contribution in [-0.4, -0.2) is 16.8 Å². The summed E-state index contributed by atoms with van der Waals surface area (Å²) in [7, 11) is 0. The number of unbranched alkanes of at least 4 members (excludes halogenated alkanes) is 1. The third-order valence-electron chi connectivity index (χ3n) is 3.97. The first-order valence-corrected chi connectivity index (χ1v) is 8.67. The highest BCUT2D eigenvalue weighted by Gasteiger charge is 2.26. The fourth-order valence-electron chi connectivity index (χ4n) is 2.56. The van der Waals surface area contributed by atoms with Gasteiger partial charge in [-0.05, 0) is 31.0 Å². The largest absolute Gasteiger partial charge is 0.325 e. The van der Waals surface area contributed by atoms with E-state index in [2.05, 4.69) is 22.5 Å². The van der Waals surface area contributed by atoms with Crippen molar-refractivity contribution >= 4 is 34.0 Å². The Morgan fingerprint density at radius 3 is 3.04 bits per heavy atom. The number of aromatic nitrogens is 1. The average molecular weight is 329 g/mol. The minimum absolute atomic E-state index is 0.00474. The molecular weight excluding hydrogens is 310 g/mol. The van der Waals surface area contributed by atoms with Crippen molar-refractivity contribution in [2.24, 2.45) is 0 Å². The number of carbonyl (C=O) groups excluding carboxylic acids is 2. The van der Waals surface area contributed by atoms with Crippen molar-refractivity contribution in [3.05, 3.63) is 29.1 Å². The summed E-state index contributed by atoms with van der Waals surface area (Å²) in [5.41, 5.74) is 3.64. The Morgan fingerprint density at radius 1 is 1.43 bits per heavy atom. The topological polar surface area (TPSA) is 71.1 Å². The molecule has 6 heteroatoms. The third-order valence-corrected chi connectivity index (χ3v) is 4.73. The quantitative estimate of drug-likeness (QED) is 0.871. The molecule has 3 rings (SSSR count). The summed E-state index contributed by atoms with van der Waals surface area (Å²) in [6, 6.07) is 5.84. The van der Waals surface area contributed by atoms with Gasteiger partial charge in [0.25, 0.3) is 0 Å². The number of nitrogens with one attached hydrogen (secondary N) is 2. The smallest absolute Gasteiger partial charge is 0.231 e. The van der Waals surface area contributed by atoms with Crippen molar-refractivity contribution in [3.63, 3.8) is 0 Å². The molecule has 2 N–H and O–H groups in total. The van der Waals surface area contributed by atoms with Crippen molar-refractivity contribution in [2.45, 2.75) is 39.0 Å². The highest BCUT2D eigenvalue weighted by atomic mass is 32.1. The minimum atomic E-state index is -0.142. The van der Waals surface area contributed by atoms with Gasteiger partial charge in [-0.25, -0.2) is 4.98 Å². The Kier molecular flexibility index (Phi) is 4.43. The first-order chi connectivity index (χ1) is 11.1. The van der Waals surface area contributed by atoms with Crippen molar-refractivity contribution in [3.8, 4) is 11.3 Å². The van der Waals surface area contributed by atoms with Gasteiger partial charge in [0.15, 0.2) is 5.13 Å². The summed E-state index contributed by atoms with van der Waals surface area (Å²) >= 11 is 1.42. The summed E-state index contributed by atoms with van der Waals surface area (Å²) in [6.07, 6.45) is 2.40. The van der Waals surface area contributed by atoms with Gasteiger partial charge in [0.05, 0.1) is 11.6 Å². The zero-order chi connectivity index (χ0) is 16.4.